The van der Waals surface area contributed by atoms with Crippen LogP contribution in [0.1, 0.15) is 27.7 Å². The number of hydrogen-bond acceptors (Lipinski definition) is 1. The van der Waals surface area contributed by atoms with Crippen molar-refractivity contribution in [3.8, 4) is 0 Å². The van der Waals surface area contributed by atoms with Gasteiger partial charge in [0.25, 0.3) is 0 Å². The maximum atomic E-state index is 11.2. The van der Waals surface area contributed by atoms with Gasteiger partial charge in [0.05, 0.1) is 0 Å². The summed E-state index contributed by atoms with van der Waals surface area (Å²) in [5, 5.41) is 0. The number of ketones is 1. The van der Waals surface area contributed by atoms with Gasteiger partial charge in [0.2, 0.25) is 0 Å². The molecule has 0 radical (unpaired) electrons. The molecule has 1 heteroatoms. The third kappa shape index (κ3) is 2.18. The minimum Gasteiger partial charge on any atom is -0.289 e. The Hall–Kier alpha value is -0.850. The molecule has 0 aromatic heterocycles. The molecule has 10 heavy (non-hydrogen) atoms. The van der Waals surface area contributed by atoms with Crippen LogP contribution in [-0.4, -0.2) is 5.78 Å². The zero-order chi connectivity index (χ0) is 8.15. The molecular formula is C9H14O. The molecule has 0 N–H and O–H groups in total. The largest absolute Gasteiger partial charge is 0.289 e. The fraction of sp³-hybridized carbons (Fsp3) is 0.444. The normalized spacial score (nSPS) is 13.6. The van der Waals surface area contributed by atoms with Crippen LogP contribution in [0.25, 0.3) is 0 Å². The Balaban J connectivity index is 4.39. The highest BCUT2D eigenvalue weighted by Gasteiger charge is 2.03. The zero-order valence-corrected chi connectivity index (χ0v) is 7.06. The number of allylic oxidation sites excluding steroid dienone is 4. The van der Waals surface area contributed by atoms with Crippen LogP contribution >= 0.6 is 0 Å². The van der Waals surface area contributed by atoms with E-state index in [1.165, 1.54) is 0 Å². The van der Waals surface area contributed by atoms with Crippen molar-refractivity contribution < 1.29 is 4.79 Å². The molecule has 0 saturated carbocycles. The minimum atomic E-state index is 0.144. The molecule has 1 nitrogen and oxygen atoms in total. The van der Waals surface area contributed by atoms with Crippen molar-refractivity contribution in [2.45, 2.75) is 27.7 Å². The van der Waals surface area contributed by atoms with Crippen molar-refractivity contribution in [1.82, 2.24) is 0 Å². The average Bonchev–Trinajstić information content (AvgIpc) is 2.00. The number of Topliss-reactive ketones (excluding diaryl/α,β-unsaturated/α-hetero) is 1. The average molecular weight is 138 g/mol. The quantitative estimate of drug-likeness (QED) is 0.536. The fourth-order valence-corrected chi connectivity index (χ4v) is 0.573. The van der Waals surface area contributed by atoms with Crippen molar-refractivity contribution in [3.63, 3.8) is 0 Å². The van der Waals surface area contributed by atoms with Gasteiger partial charge in [-0.1, -0.05) is 12.2 Å². The van der Waals surface area contributed by atoms with Crippen LogP contribution in [0.5, 0.6) is 0 Å². The lowest BCUT2D eigenvalue weighted by atomic mass is 10.1. The third-order valence-electron chi connectivity index (χ3n) is 1.58. The first kappa shape index (κ1) is 9.15. The SMILES string of the molecule is C/C=C(\C)C(=O)/C(C)=C/C. The molecule has 0 heterocycles. The highest BCUT2D eigenvalue weighted by Crippen LogP contribution is 2.03. The molecular weight excluding hydrogens is 124 g/mol. The summed E-state index contributed by atoms with van der Waals surface area (Å²) in [7, 11) is 0. The molecule has 0 unspecified atom stereocenters. The van der Waals surface area contributed by atoms with E-state index < -0.39 is 0 Å². The topological polar surface area (TPSA) is 17.1 Å². The maximum Gasteiger partial charge on any atom is 0.183 e. The summed E-state index contributed by atoms with van der Waals surface area (Å²) in [4.78, 5) is 11.2. The van der Waals surface area contributed by atoms with Crippen molar-refractivity contribution in [2.75, 3.05) is 0 Å². The molecule has 0 aromatic carbocycles. The van der Waals surface area contributed by atoms with Gasteiger partial charge in [0.15, 0.2) is 5.78 Å². The van der Waals surface area contributed by atoms with E-state index in [1.807, 2.05) is 39.8 Å². The van der Waals surface area contributed by atoms with Crippen LogP contribution in [-0.2, 0) is 4.79 Å². The highest BCUT2D eigenvalue weighted by molar-refractivity contribution is 6.07. The second-order valence-electron chi connectivity index (χ2n) is 2.27. The standard InChI is InChI=1S/C9H14O/c1-5-7(3)9(10)8(4)6-2/h5-6H,1-4H3/b7-5+,8-6+. The van der Waals surface area contributed by atoms with E-state index in [9.17, 15) is 4.79 Å². The number of rotatable bonds is 2. The molecule has 0 bridgehead atoms. The predicted molar refractivity (Wildman–Crippen MR) is 43.9 cm³/mol. The molecule has 56 valence electrons. The first-order valence-electron chi connectivity index (χ1n) is 3.44. The van der Waals surface area contributed by atoms with E-state index in [2.05, 4.69) is 0 Å². The number of carbonyl (C=O) groups excluding carboxylic acids is 1. The molecule has 0 rings (SSSR count). The van der Waals surface area contributed by atoms with Gasteiger partial charge in [0, 0.05) is 0 Å². The number of hydrogen-bond donors (Lipinski definition) is 0. The smallest absolute Gasteiger partial charge is 0.183 e. The summed E-state index contributed by atoms with van der Waals surface area (Å²) < 4.78 is 0. The molecule has 0 aliphatic rings. The zero-order valence-electron chi connectivity index (χ0n) is 7.06. The Morgan fingerprint density at radius 3 is 1.50 bits per heavy atom. The summed E-state index contributed by atoms with van der Waals surface area (Å²) in [5.41, 5.74) is 1.63. The first-order valence-corrected chi connectivity index (χ1v) is 3.44. The van der Waals surface area contributed by atoms with E-state index in [-0.39, 0.29) is 5.78 Å². The van der Waals surface area contributed by atoms with Gasteiger partial charge in [-0.15, -0.1) is 0 Å². The van der Waals surface area contributed by atoms with Crippen LogP contribution < -0.4 is 0 Å². The summed E-state index contributed by atoms with van der Waals surface area (Å²) in [6.07, 6.45) is 3.66. The third-order valence-corrected chi connectivity index (χ3v) is 1.58. The summed E-state index contributed by atoms with van der Waals surface area (Å²) in [6.45, 7) is 7.40. The van der Waals surface area contributed by atoms with Gasteiger partial charge in [0.1, 0.15) is 0 Å². The van der Waals surface area contributed by atoms with Crippen LogP contribution in [0.3, 0.4) is 0 Å². The van der Waals surface area contributed by atoms with Crippen molar-refractivity contribution >= 4 is 5.78 Å². The Kier molecular flexibility index (Phi) is 3.70. The Bertz CT molecular complexity index is 165. The lowest BCUT2D eigenvalue weighted by molar-refractivity contribution is -0.112. The second-order valence-corrected chi connectivity index (χ2v) is 2.27. The Morgan fingerprint density at radius 2 is 1.30 bits per heavy atom. The lowest BCUT2D eigenvalue weighted by Gasteiger charge is -1.97. The maximum absolute atomic E-state index is 11.2. The minimum absolute atomic E-state index is 0.144. The number of carbonyl (C=O) groups is 1. The van der Waals surface area contributed by atoms with Crippen LogP contribution in [0.2, 0.25) is 0 Å². The first-order chi connectivity index (χ1) is 4.63. The van der Waals surface area contributed by atoms with Gasteiger partial charge in [-0.3, -0.25) is 4.79 Å². The second kappa shape index (κ2) is 4.04. The van der Waals surface area contributed by atoms with Crippen LogP contribution in [0.4, 0.5) is 0 Å². The summed E-state index contributed by atoms with van der Waals surface area (Å²) in [5.74, 6) is 0.144. The Morgan fingerprint density at radius 1 is 1.00 bits per heavy atom. The van der Waals surface area contributed by atoms with E-state index in [1.54, 1.807) is 0 Å². The van der Waals surface area contributed by atoms with Crippen LogP contribution in [0.15, 0.2) is 23.3 Å². The van der Waals surface area contributed by atoms with Gasteiger partial charge < -0.3 is 0 Å². The predicted octanol–water partition coefficient (Wildman–Crippen LogP) is 2.49. The molecule has 0 aliphatic carbocycles. The molecule has 0 spiro atoms. The van der Waals surface area contributed by atoms with Gasteiger partial charge in [-0.25, -0.2) is 0 Å². The fourth-order valence-electron chi connectivity index (χ4n) is 0.573. The molecule has 0 amide bonds. The van der Waals surface area contributed by atoms with Gasteiger partial charge >= 0.3 is 0 Å². The Labute approximate surface area is 62.4 Å². The van der Waals surface area contributed by atoms with Crippen LogP contribution in [0, 0.1) is 0 Å². The lowest BCUT2D eigenvalue weighted by Crippen LogP contribution is -1.99. The molecule has 0 saturated heterocycles. The van der Waals surface area contributed by atoms with E-state index in [0.717, 1.165) is 11.1 Å². The summed E-state index contributed by atoms with van der Waals surface area (Å²) >= 11 is 0. The monoisotopic (exact) mass is 138 g/mol. The van der Waals surface area contributed by atoms with Crippen molar-refractivity contribution in [1.29, 1.82) is 0 Å². The molecule has 0 atom stereocenters. The van der Waals surface area contributed by atoms with E-state index in [0.29, 0.717) is 0 Å². The van der Waals surface area contributed by atoms with Crippen molar-refractivity contribution in [2.24, 2.45) is 0 Å². The molecule has 0 aliphatic heterocycles. The highest BCUT2D eigenvalue weighted by atomic mass is 16.1. The van der Waals surface area contributed by atoms with Gasteiger partial charge in [-0.2, -0.15) is 0 Å². The van der Waals surface area contributed by atoms with E-state index in [4.69, 9.17) is 0 Å². The van der Waals surface area contributed by atoms with Gasteiger partial charge in [-0.05, 0) is 38.8 Å². The van der Waals surface area contributed by atoms with Crippen molar-refractivity contribution in [3.05, 3.63) is 23.3 Å². The summed E-state index contributed by atoms with van der Waals surface area (Å²) in [6, 6.07) is 0. The molecule has 0 aromatic rings. The van der Waals surface area contributed by atoms with E-state index >= 15 is 0 Å². The molecule has 0 fully saturated rings.